The van der Waals surface area contributed by atoms with Crippen molar-refractivity contribution in [2.45, 2.75) is 6.42 Å². The van der Waals surface area contributed by atoms with Crippen LogP contribution in [0.2, 0.25) is 0 Å². The van der Waals surface area contributed by atoms with Crippen molar-refractivity contribution in [2.24, 2.45) is 0 Å². The minimum Gasteiger partial charge on any atom is -0.507 e. The Bertz CT molecular complexity index is 694. The van der Waals surface area contributed by atoms with Crippen LogP contribution in [0, 0.1) is 0 Å². The van der Waals surface area contributed by atoms with Crippen molar-refractivity contribution in [3.63, 3.8) is 0 Å². The molecule has 0 unspecified atom stereocenters. The van der Waals surface area contributed by atoms with Gasteiger partial charge in [0.15, 0.2) is 11.6 Å². The number of hydrogen-bond donors (Lipinski definition) is 1. The Kier molecular flexibility index (Phi) is 4.75. The van der Waals surface area contributed by atoms with Crippen LogP contribution in [-0.4, -0.2) is 23.8 Å². The van der Waals surface area contributed by atoms with Crippen LogP contribution >= 0.6 is 15.9 Å². The van der Waals surface area contributed by atoms with E-state index < -0.39 is 5.78 Å². The molecule has 0 spiro atoms. The van der Waals surface area contributed by atoms with Crippen LogP contribution in [0.4, 0.5) is 0 Å². The third-order valence-electron chi connectivity index (χ3n) is 2.97. The summed E-state index contributed by atoms with van der Waals surface area (Å²) in [5, 5.41) is 9.70. The van der Waals surface area contributed by atoms with Crippen molar-refractivity contribution >= 4 is 27.5 Å². The van der Waals surface area contributed by atoms with E-state index in [1.165, 1.54) is 19.2 Å². The Morgan fingerprint density at radius 3 is 2.62 bits per heavy atom. The molecule has 2 aromatic rings. The van der Waals surface area contributed by atoms with Gasteiger partial charge in [0.2, 0.25) is 0 Å². The zero-order valence-electron chi connectivity index (χ0n) is 11.3. The quantitative estimate of drug-likeness (QED) is 0.662. The molecule has 1 N–H and O–H groups in total. The van der Waals surface area contributed by atoms with E-state index in [1.807, 2.05) is 0 Å². The van der Waals surface area contributed by atoms with E-state index in [2.05, 4.69) is 15.9 Å². The van der Waals surface area contributed by atoms with E-state index in [4.69, 9.17) is 4.74 Å². The Balaban J connectivity index is 2.18. The molecule has 21 heavy (non-hydrogen) atoms. The summed E-state index contributed by atoms with van der Waals surface area (Å²) in [5.74, 6) is -0.333. The highest BCUT2D eigenvalue weighted by atomic mass is 79.9. The highest BCUT2D eigenvalue weighted by Crippen LogP contribution is 2.24. The summed E-state index contributed by atoms with van der Waals surface area (Å²) < 4.78 is 5.71. The lowest BCUT2D eigenvalue weighted by atomic mass is 10.0. The Morgan fingerprint density at radius 1 is 1.14 bits per heavy atom. The maximum absolute atomic E-state index is 12.1. The van der Waals surface area contributed by atoms with Crippen molar-refractivity contribution in [3.8, 4) is 11.5 Å². The van der Waals surface area contributed by atoms with Crippen LogP contribution in [0.15, 0.2) is 46.9 Å². The first-order valence-electron chi connectivity index (χ1n) is 6.20. The van der Waals surface area contributed by atoms with Gasteiger partial charge in [-0.3, -0.25) is 9.59 Å². The molecule has 0 amide bonds. The second-order valence-corrected chi connectivity index (χ2v) is 5.33. The maximum atomic E-state index is 12.1. The average molecular weight is 349 g/mol. The molecular weight excluding hydrogens is 336 g/mol. The van der Waals surface area contributed by atoms with Crippen LogP contribution in [0.3, 0.4) is 0 Å². The molecule has 0 saturated carbocycles. The molecule has 0 heterocycles. The third kappa shape index (κ3) is 3.70. The third-order valence-corrected chi connectivity index (χ3v) is 3.47. The first-order valence-corrected chi connectivity index (χ1v) is 6.99. The highest BCUT2D eigenvalue weighted by Gasteiger charge is 2.17. The first kappa shape index (κ1) is 15.3. The van der Waals surface area contributed by atoms with E-state index in [0.717, 1.165) is 0 Å². The molecule has 5 heteroatoms. The number of hydrogen-bond acceptors (Lipinski definition) is 4. The molecule has 0 aliphatic rings. The van der Waals surface area contributed by atoms with Gasteiger partial charge in [0.25, 0.3) is 0 Å². The lowest BCUT2D eigenvalue weighted by Crippen LogP contribution is -2.09. The second-order valence-electron chi connectivity index (χ2n) is 4.42. The summed E-state index contributed by atoms with van der Waals surface area (Å²) in [5.41, 5.74) is 0.526. The summed E-state index contributed by atoms with van der Waals surface area (Å²) in [6, 6.07) is 11.1. The van der Waals surface area contributed by atoms with Gasteiger partial charge in [-0.25, -0.2) is 0 Å². The lowest BCUT2D eigenvalue weighted by Gasteiger charge is -2.05. The lowest BCUT2D eigenvalue weighted by molar-refractivity contribution is 0.0893. The van der Waals surface area contributed by atoms with Gasteiger partial charge in [-0.05, 0) is 30.3 Å². The molecular formula is C16H13BrO4. The standard InChI is InChI=1S/C16H13BrO4/c1-21-12-4-2-3-10(7-12)15(19)9-16(20)13-8-11(17)5-6-14(13)18/h2-8,18H,9H2,1H3. The van der Waals surface area contributed by atoms with Gasteiger partial charge in [-0.1, -0.05) is 28.1 Å². The van der Waals surface area contributed by atoms with Gasteiger partial charge in [-0.2, -0.15) is 0 Å². The van der Waals surface area contributed by atoms with E-state index in [0.29, 0.717) is 15.8 Å². The molecule has 2 rings (SSSR count). The Morgan fingerprint density at radius 2 is 1.90 bits per heavy atom. The molecule has 0 fully saturated rings. The Labute approximate surface area is 130 Å². The van der Waals surface area contributed by atoms with Crippen LogP contribution in [0.1, 0.15) is 27.1 Å². The molecule has 0 radical (unpaired) electrons. The van der Waals surface area contributed by atoms with Crippen molar-refractivity contribution < 1.29 is 19.4 Å². The topological polar surface area (TPSA) is 63.6 Å². The summed E-state index contributed by atoms with van der Waals surface area (Å²) in [6.07, 6.45) is -0.308. The number of aromatic hydroxyl groups is 1. The number of carbonyl (C=O) groups excluding carboxylic acids is 2. The highest BCUT2D eigenvalue weighted by molar-refractivity contribution is 9.10. The number of halogens is 1. The van der Waals surface area contributed by atoms with Crippen LogP contribution in [0.25, 0.3) is 0 Å². The van der Waals surface area contributed by atoms with Crippen molar-refractivity contribution in [3.05, 3.63) is 58.1 Å². The van der Waals surface area contributed by atoms with Crippen LogP contribution < -0.4 is 4.74 Å². The minimum atomic E-state index is -0.429. The van der Waals surface area contributed by atoms with Gasteiger partial charge in [0, 0.05) is 10.0 Å². The number of phenolic OH excluding ortho intramolecular Hbond substituents is 1. The van der Waals surface area contributed by atoms with Gasteiger partial charge >= 0.3 is 0 Å². The van der Waals surface area contributed by atoms with Crippen LogP contribution in [-0.2, 0) is 0 Å². The molecule has 2 aromatic carbocycles. The molecule has 0 atom stereocenters. The largest absolute Gasteiger partial charge is 0.507 e. The first-order chi connectivity index (χ1) is 10.0. The summed E-state index contributed by atoms with van der Waals surface area (Å²) in [4.78, 5) is 24.2. The van der Waals surface area contributed by atoms with Gasteiger partial charge in [-0.15, -0.1) is 0 Å². The zero-order valence-corrected chi connectivity index (χ0v) is 12.9. The second kappa shape index (κ2) is 6.54. The number of ether oxygens (including phenoxy) is 1. The SMILES string of the molecule is COc1cccc(C(=O)CC(=O)c2cc(Br)ccc2O)c1. The van der Waals surface area contributed by atoms with E-state index in [-0.39, 0.29) is 23.5 Å². The summed E-state index contributed by atoms with van der Waals surface area (Å²) in [6.45, 7) is 0. The van der Waals surface area contributed by atoms with E-state index in [1.54, 1.807) is 30.3 Å². The monoisotopic (exact) mass is 348 g/mol. The predicted octanol–water partition coefficient (Wildman–Crippen LogP) is 3.62. The summed E-state index contributed by atoms with van der Waals surface area (Å²) >= 11 is 3.23. The smallest absolute Gasteiger partial charge is 0.174 e. The zero-order chi connectivity index (χ0) is 15.4. The number of phenols is 1. The van der Waals surface area contributed by atoms with Crippen molar-refractivity contribution in [1.82, 2.24) is 0 Å². The number of ketones is 2. The molecule has 0 aromatic heterocycles. The Hall–Kier alpha value is -2.14. The van der Waals surface area contributed by atoms with E-state index in [9.17, 15) is 14.7 Å². The van der Waals surface area contributed by atoms with Gasteiger partial charge in [0.1, 0.15) is 11.5 Å². The molecule has 4 nitrogen and oxygen atoms in total. The van der Waals surface area contributed by atoms with E-state index >= 15 is 0 Å². The number of carbonyl (C=O) groups is 2. The maximum Gasteiger partial charge on any atom is 0.174 e. The fraction of sp³-hybridized carbons (Fsp3) is 0.125. The average Bonchev–Trinajstić information content (AvgIpc) is 2.49. The number of Topliss-reactive ketones (excluding diaryl/α,β-unsaturated/α-hetero) is 2. The molecule has 0 aliphatic carbocycles. The van der Waals surface area contributed by atoms with Crippen molar-refractivity contribution in [2.75, 3.05) is 7.11 Å². The summed E-state index contributed by atoms with van der Waals surface area (Å²) in [7, 11) is 1.51. The normalized spacial score (nSPS) is 10.2. The minimum absolute atomic E-state index is 0.126. The molecule has 108 valence electrons. The fourth-order valence-electron chi connectivity index (χ4n) is 1.87. The van der Waals surface area contributed by atoms with Gasteiger partial charge in [0.05, 0.1) is 19.1 Å². The molecule has 0 bridgehead atoms. The molecule has 0 aliphatic heterocycles. The number of methoxy groups -OCH3 is 1. The van der Waals surface area contributed by atoms with Crippen molar-refractivity contribution in [1.29, 1.82) is 0 Å². The van der Waals surface area contributed by atoms with Gasteiger partial charge < -0.3 is 9.84 Å². The number of rotatable bonds is 5. The fourth-order valence-corrected chi connectivity index (χ4v) is 2.23. The number of benzene rings is 2. The molecule has 0 saturated heterocycles. The predicted molar refractivity (Wildman–Crippen MR) is 82.1 cm³/mol. The van der Waals surface area contributed by atoms with Crippen LogP contribution in [0.5, 0.6) is 11.5 Å².